The summed E-state index contributed by atoms with van der Waals surface area (Å²) in [5.41, 5.74) is 3.18. The Morgan fingerprint density at radius 3 is 2.77 bits per heavy atom. The molecule has 4 aromatic rings. The zero-order chi connectivity index (χ0) is 21.0. The first kappa shape index (κ1) is 18.5. The van der Waals surface area contributed by atoms with Gasteiger partial charge >= 0.3 is 0 Å². The molecule has 1 N–H and O–H groups in total. The number of aromatic nitrogens is 4. The van der Waals surface area contributed by atoms with E-state index in [1.54, 1.807) is 24.3 Å². The molecule has 0 saturated heterocycles. The lowest BCUT2D eigenvalue weighted by Crippen LogP contribution is -2.27. The molecule has 1 aromatic carbocycles. The fraction of sp³-hybridized carbons (Fsp3) is 0.190. The van der Waals surface area contributed by atoms with Crippen molar-refractivity contribution in [2.24, 2.45) is 0 Å². The predicted octanol–water partition coefficient (Wildman–Crippen LogP) is 3.51. The highest BCUT2D eigenvalue weighted by molar-refractivity contribution is 6.29. The van der Waals surface area contributed by atoms with Gasteiger partial charge in [-0.2, -0.15) is 9.78 Å². The lowest BCUT2D eigenvalue weighted by molar-refractivity contribution is -0.116. The molecule has 30 heavy (non-hydrogen) atoms. The summed E-state index contributed by atoms with van der Waals surface area (Å²) in [6, 6.07) is 8.71. The molecule has 0 spiro atoms. The van der Waals surface area contributed by atoms with Gasteiger partial charge in [-0.3, -0.25) is 9.59 Å². The average Bonchev–Trinajstić information content (AvgIpc) is 3.05. The van der Waals surface area contributed by atoms with Crippen molar-refractivity contribution in [3.63, 3.8) is 0 Å². The molecule has 8 nitrogen and oxygen atoms in total. The van der Waals surface area contributed by atoms with Crippen LogP contribution in [0.2, 0.25) is 5.15 Å². The van der Waals surface area contributed by atoms with Crippen molar-refractivity contribution in [2.45, 2.75) is 26.2 Å². The van der Waals surface area contributed by atoms with E-state index in [-0.39, 0.29) is 22.9 Å². The Labute approximate surface area is 175 Å². The number of anilines is 1. The third-order valence-electron chi connectivity index (χ3n) is 5.27. The highest BCUT2D eigenvalue weighted by atomic mass is 35.5. The Hall–Kier alpha value is -3.52. The third-order valence-corrected chi connectivity index (χ3v) is 5.47. The van der Waals surface area contributed by atoms with Gasteiger partial charge in [0.2, 0.25) is 5.91 Å². The quantitative estimate of drug-likeness (QED) is 0.531. The van der Waals surface area contributed by atoms with E-state index in [2.05, 4.69) is 20.6 Å². The smallest absolute Gasteiger partial charge is 0.226 e. The molecule has 1 amide bonds. The number of aryl methyl sites for hydroxylation is 2. The lowest BCUT2D eigenvalue weighted by atomic mass is 9.86. The normalized spacial score (nSPS) is 15.8. The van der Waals surface area contributed by atoms with Crippen LogP contribution in [0.5, 0.6) is 0 Å². The number of carbonyl (C=O) groups is 1. The molecule has 1 aliphatic heterocycles. The monoisotopic (exact) mass is 421 g/mol. The number of nitrogens with one attached hydrogen (secondary N) is 1. The largest absolute Gasteiger partial charge is 0.464 e. The van der Waals surface area contributed by atoms with Gasteiger partial charge < -0.3 is 9.73 Å². The van der Waals surface area contributed by atoms with Crippen LogP contribution in [0.3, 0.4) is 0 Å². The van der Waals surface area contributed by atoms with Crippen LogP contribution in [0.25, 0.3) is 16.8 Å². The van der Waals surface area contributed by atoms with Crippen molar-refractivity contribution in [3.8, 4) is 5.82 Å². The molecule has 0 bridgehead atoms. The predicted molar refractivity (Wildman–Crippen MR) is 111 cm³/mol. The van der Waals surface area contributed by atoms with Crippen molar-refractivity contribution in [1.82, 2.24) is 20.0 Å². The Balaban J connectivity index is 1.71. The van der Waals surface area contributed by atoms with Crippen molar-refractivity contribution >= 4 is 34.3 Å². The van der Waals surface area contributed by atoms with Crippen LogP contribution in [0.1, 0.15) is 34.7 Å². The van der Waals surface area contributed by atoms with Crippen LogP contribution in [-0.4, -0.2) is 25.9 Å². The van der Waals surface area contributed by atoms with Gasteiger partial charge in [0, 0.05) is 23.5 Å². The Morgan fingerprint density at radius 2 is 2.00 bits per heavy atom. The Bertz CT molecular complexity index is 1370. The highest BCUT2D eigenvalue weighted by Crippen LogP contribution is 2.39. The molecule has 1 atom stereocenters. The third kappa shape index (κ3) is 2.88. The van der Waals surface area contributed by atoms with E-state index < -0.39 is 5.92 Å². The van der Waals surface area contributed by atoms with Crippen molar-refractivity contribution in [3.05, 3.63) is 74.4 Å². The number of hydrogen-bond donors (Lipinski definition) is 1. The fourth-order valence-corrected chi connectivity index (χ4v) is 4.00. The van der Waals surface area contributed by atoms with Crippen LogP contribution in [0.4, 0.5) is 5.82 Å². The van der Waals surface area contributed by atoms with Crippen molar-refractivity contribution < 1.29 is 9.21 Å². The summed E-state index contributed by atoms with van der Waals surface area (Å²) >= 11 is 5.83. The standard InChI is InChI=1S/C21H16ClN5O3/c1-10-3-4-15-13(7-10)20(29)14(9-30-15)12-8-18(28)23-21-19(12)11(2)26-27(21)17-6-5-16(22)24-25-17/h3-7,9,12H,8H2,1-2H3,(H,23,28)/t12-/m0/s1. The summed E-state index contributed by atoms with van der Waals surface area (Å²) in [6.45, 7) is 3.75. The fourth-order valence-electron chi connectivity index (χ4n) is 3.90. The van der Waals surface area contributed by atoms with Gasteiger partial charge in [-0.1, -0.05) is 23.2 Å². The van der Waals surface area contributed by atoms with E-state index in [9.17, 15) is 9.59 Å². The molecule has 0 saturated carbocycles. The van der Waals surface area contributed by atoms with Gasteiger partial charge in [-0.05, 0) is 38.1 Å². The zero-order valence-electron chi connectivity index (χ0n) is 16.1. The molecule has 4 heterocycles. The van der Waals surface area contributed by atoms with E-state index >= 15 is 0 Å². The number of benzene rings is 1. The molecule has 5 rings (SSSR count). The van der Waals surface area contributed by atoms with E-state index in [0.717, 1.165) is 11.1 Å². The lowest BCUT2D eigenvalue weighted by Gasteiger charge is -2.23. The minimum absolute atomic E-state index is 0.119. The number of rotatable bonds is 2. The summed E-state index contributed by atoms with van der Waals surface area (Å²) in [6.07, 6.45) is 1.57. The van der Waals surface area contributed by atoms with Gasteiger partial charge in [0.1, 0.15) is 11.4 Å². The van der Waals surface area contributed by atoms with Crippen LogP contribution >= 0.6 is 11.6 Å². The maximum absolute atomic E-state index is 13.3. The molecule has 0 unspecified atom stereocenters. The second kappa shape index (κ2) is 6.77. The second-order valence-electron chi connectivity index (χ2n) is 7.30. The Kier molecular flexibility index (Phi) is 4.18. The highest BCUT2D eigenvalue weighted by Gasteiger charge is 2.34. The van der Waals surface area contributed by atoms with Crippen LogP contribution in [0, 0.1) is 13.8 Å². The molecule has 150 valence electrons. The summed E-state index contributed by atoms with van der Waals surface area (Å²) < 4.78 is 7.24. The first-order valence-corrected chi connectivity index (χ1v) is 9.71. The van der Waals surface area contributed by atoms with E-state index in [4.69, 9.17) is 16.0 Å². The van der Waals surface area contributed by atoms with E-state index in [1.165, 1.54) is 10.9 Å². The van der Waals surface area contributed by atoms with Gasteiger partial charge in [0.05, 0.1) is 17.3 Å². The minimum Gasteiger partial charge on any atom is -0.464 e. The Morgan fingerprint density at radius 1 is 1.17 bits per heavy atom. The molecular weight excluding hydrogens is 406 g/mol. The number of nitrogens with zero attached hydrogens (tertiary/aromatic N) is 4. The van der Waals surface area contributed by atoms with Gasteiger partial charge in [0.25, 0.3) is 0 Å². The summed E-state index contributed by atoms with van der Waals surface area (Å²) in [4.78, 5) is 25.8. The van der Waals surface area contributed by atoms with E-state index in [0.29, 0.717) is 33.9 Å². The zero-order valence-corrected chi connectivity index (χ0v) is 16.9. The second-order valence-corrected chi connectivity index (χ2v) is 7.69. The first-order chi connectivity index (χ1) is 14.4. The molecule has 1 aliphatic rings. The van der Waals surface area contributed by atoms with E-state index in [1.807, 2.05) is 19.9 Å². The molecular formula is C21H16ClN5O3. The van der Waals surface area contributed by atoms with Crippen molar-refractivity contribution in [1.29, 1.82) is 0 Å². The maximum atomic E-state index is 13.3. The number of amides is 1. The molecule has 0 fully saturated rings. The van der Waals surface area contributed by atoms with Gasteiger partial charge in [-0.25, -0.2) is 0 Å². The first-order valence-electron chi connectivity index (χ1n) is 9.33. The van der Waals surface area contributed by atoms with Gasteiger partial charge in [0.15, 0.2) is 16.4 Å². The topological polar surface area (TPSA) is 103 Å². The number of hydrogen-bond acceptors (Lipinski definition) is 6. The SMILES string of the molecule is Cc1ccc2occ([C@@H]3CC(=O)Nc4c3c(C)nn4-c3ccc(Cl)nn3)c(=O)c2c1. The minimum atomic E-state index is -0.482. The summed E-state index contributed by atoms with van der Waals surface area (Å²) in [7, 11) is 0. The van der Waals surface area contributed by atoms with Crippen LogP contribution in [0.15, 0.2) is 45.8 Å². The maximum Gasteiger partial charge on any atom is 0.226 e. The van der Waals surface area contributed by atoms with Crippen LogP contribution in [-0.2, 0) is 4.79 Å². The molecule has 0 aliphatic carbocycles. The van der Waals surface area contributed by atoms with Gasteiger partial charge in [-0.15, -0.1) is 10.2 Å². The molecule has 9 heteroatoms. The molecule has 0 radical (unpaired) electrons. The summed E-state index contributed by atoms with van der Waals surface area (Å²) in [5, 5.41) is 16.0. The average molecular weight is 422 g/mol. The van der Waals surface area contributed by atoms with Crippen molar-refractivity contribution in [2.75, 3.05) is 5.32 Å². The molecule has 3 aromatic heterocycles. The van der Waals surface area contributed by atoms with Crippen LogP contribution < -0.4 is 10.7 Å². The number of fused-ring (bicyclic) bond motifs is 2. The number of halogens is 1. The number of carbonyl (C=O) groups excluding carboxylic acids is 1. The summed E-state index contributed by atoms with van der Waals surface area (Å²) in [5.74, 6) is 0.170.